The Kier molecular flexibility index (Phi) is 5.76. The van der Waals surface area contributed by atoms with Crippen LogP contribution in [-0.4, -0.2) is 67.5 Å². The monoisotopic (exact) mass is 309 g/mol. The number of rotatable bonds is 2. The number of nitrogens with zero attached hydrogens (tertiary/aromatic N) is 3. The predicted molar refractivity (Wildman–Crippen MR) is 92.0 cm³/mol. The lowest BCUT2D eigenvalue weighted by atomic mass is 9.75. The summed E-state index contributed by atoms with van der Waals surface area (Å²) in [6, 6.07) is 0.242. The van der Waals surface area contributed by atoms with Crippen LogP contribution >= 0.6 is 0 Å². The molecular formula is C18H35N3O. The van der Waals surface area contributed by atoms with Gasteiger partial charge in [-0.3, -0.25) is 0 Å². The molecule has 2 fully saturated rings. The molecule has 0 bridgehead atoms. The number of urea groups is 1. The first-order chi connectivity index (χ1) is 10.3. The Morgan fingerprint density at radius 1 is 1.05 bits per heavy atom. The molecule has 0 aromatic rings. The topological polar surface area (TPSA) is 26.8 Å². The van der Waals surface area contributed by atoms with Gasteiger partial charge in [0.2, 0.25) is 0 Å². The Balaban J connectivity index is 1.77. The van der Waals surface area contributed by atoms with Crippen molar-refractivity contribution in [2.75, 3.05) is 46.8 Å². The van der Waals surface area contributed by atoms with Crippen LogP contribution in [0.25, 0.3) is 0 Å². The van der Waals surface area contributed by atoms with Crippen molar-refractivity contribution in [1.82, 2.24) is 14.7 Å². The molecule has 0 saturated carbocycles. The summed E-state index contributed by atoms with van der Waals surface area (Å²) in [4.78, 5) is 19.1. The van der Waals surface area contributed by atoms with Gasteiger partial charge in [-0.15, -0.1) is 0 Å². The minimum absolute atomic E-state index is 0.242. The van der Waals surface area contributed by atoms with Crippen LogP contribution in [0.4, 0.5) is 4.79 Å². The number of amides is 2. The van der Waals surface area contributed by atoms with Crippen molar-refractivity contribution in [3.63, 3.8) is 0 Å². The standard InChI is InChI=1S/C18H35N3O/c1-18(2,3)16-8-12-21(13-9-16)17(22)20(5)14-15-6-10-19(4)11-7-15/h15-16H,6-14H2,1-5H3. The molecular weight excluding hydrogens is 274 g/mol. The maximum absolute atomic E-state index is 12.6. The van der Waals surface area contributed by atoms with Gasteiger partial charge in [0, 0.05) is 26.7 Å². The fourth-order valence-electron chi connectivity index (χ4n) is 3.89. The molecule has 2 saturated heterocycles. The largest absolute Gasteiger partial charge is 0.327 e. The van der Waals surface area contributed by atoms with Gasteiger partial charge in [0.15, 0.2) is 0 Å². The molecule has 0 aromatic carbocycles. The summed E-state index contributed by atoms with van der Waals surface area (Å²) in [6.45, 7) is 12.1. The summed E-state index contributed by atoms with van der Waals surface area (Å²) in [6.07, 6.45) is 4.75. The molecule has 4 heteroatoms. The van der Waals surface area contributed by atoms with Crippen LogP contribution in [0.15, 0.2) is 0 Å². The first kappa shape index (κ1) is 17.6. The molecule has 0 unspecified atom stereocenters. The molecule has 128 valence electrons. The third-order valence-electron chi connectivity index (χ3n) is 5.69. The van der Waals surface area contributed by atoms with Crippen molar-refractivity contribution >= 4 is 6.03 Å². The van der Waals surface area contributed by atoms with E-state index in [4.69, 9.17) is 0 Å². The molecule has 4 nitrogen and oxygen atoms in total. The Labute approximate surface area is 136 Å². The fourth-order valence-corrected chi connectivity index (χ4v) is 3.89. The van der Waals surface area contributed by atoms with E-state index in [1.54, 1.807) is 0 Å². The molecule has 0 spiro atoms. The summed E-state index contributed by atoms with van der Waals surface area (Å²) in [5.74, 6) is 1.42. The second-order valence-corrected chi connectivity index (χ2v) is 8.54. The quantitative estimate of drug-likeness (QED) is 0.783. The maximum Gasteiger partial charge on any atom is 0.319 e. The third-order valence-corrected chi connectivity index (χ3v) is 5.69. The molecule has 2 aliphatic heterocycles. The van der Waals surface area contributed by atoms with Gasteiger partial charge in [-0.1, -0.05) is 20.8 Å². The highest BCUT2D eigenvalue weighted by atomic mass is 16.2. The average molecular weight is 309 g/mol. The predicted octanol–water partition coefficient (Wildman–Crippen LogP) is 3.14. The summed E-state index contributed by atoms with van der Waals surface area (Å²) in [7, 11) is 4.17. The molecule has 2 rings (SSSR count). The molecule has 0 aliphatic carbocycles. The van der Waals surface area contributed by atoms with E-state index in [2.05, 4.69) is 37.6 Å². The van der Waals surface area contributed by atoms with Gasteiger partial charge in [-0.2, -0.15) is 0 Å². The lowest BCUT2D eigenvalue weighted by Gasteiger charge is -2.40. The fraction of sp³-hybridized carbons (Fsp3) is 0.944. The van der Waals surface area contributed by atoms with E-state index in [0.29, 0.717) is 11.3 Å². The summed E-state index contributed by atoms with van der Waals surface area (Å²) in [5, 5.41) is 0. The van der Waals surface area contributed by atoms with Crippen molar-refractivity contribution in [1.29, 1.82) is 0 Å². The van der Waals surface area contributed by atoms with E-state index in [1.807, 2.05) is 11.9 Å². The van der Waals surface area contributed by atoms with Crippen molar-refractivity contribution in [2.45, 2.75) is 46.5 Å². The maximum atomic E-state index is 12.6. The Morgan fingerprint density at radius 2 is 1.59 bits per heavy atom. The highest BCUT2D eigenvalue weighted by Gasteiger charge is 2.31. The van der Waals surface area contributed by atoms with E-state index in [1.165, 1.54) is 25.9 Å². The molecule has 0 atom stereocenters. The summed E-state index contributed by atoms with van der Waals surface area (Å²) in [5.41, 5.74) is 0.370. The van der Waals surface area contributed by atoms with Gasteiger partial charge in [0.05, 0.1) is 0 Å². The van der Waals surface area contributed by atoms with E-state index < -0.39 is 0 Å². The highest BCUT2D eigenvalue weighted by molar-refractivity contribution is 5.74. The first-order valence-corrected chi connectivity index (χ1v) is 8.96. The molecule has 22 heavy (non-hydrogen) atoms. The Morgan fingerprint density at radius 3 is 2.09 bits per heavy atom. The second kappa shape index (κ2) is 7.20. The van der Waals surface area contributed by atoms with Gasteiger partial charge in [0.25, 0.3) is 0 Å². The number of hydrogen-bond acceptors (Lipinski definition) is 2. The minimum atomic E-state index is 0.242. The van der Waals surface area contributed by atoms with E-state index >= 15 is 0 Å². The van der Waals surface area contributed by atoms with E-state index in [-0.39, 0.29) is 6.03 Å². The summed E-state index contributed by atoms with van der Waals surface area (Å²) < 4.78 is 0. The number of carbonyl (C=O) groups excluding carboxylic acids is 1. The minimum Gasteiger partial charge on any atom is -0.327 e. The lowest BCUT2D eigenvalue weighted by molar-refractivity contribution is 0.0994. The van der Waals surface area contributed by atoms with Crippen LogP contribution in [0.3, 0.4) is 0 Å². The van der Waals surface area contributed by atoms with Crippen LogP contribution in [0, 0.1) is 17.3 Å². The second-order valence-electron chi connectivity index (χ2n) is 8.54. The van der Waals surface area contributed by atoms with Crippen LogP contribution in [0.1, 0.15) is 46.5 Å². The van der Waals surface area contributed by atoms with Gasteiger partial charge >= 0.3 is 6.03 Å². The van der Waals surface area contributed by atoms with Crippen molar-refractivity contribution in [3.8, 4) is 0 Å². The zero-order valence-electron chi connectivity index (χ0n) is 15.3. The SMILES string of the molecule is CN1CCC(CN(C)C(=O)N2CCC(C(C)(C)C)CC2)CC1. The van der Waals surface area contributed by atoms with E-state index in [0.717, 1.165) is 38.4 Å². The van der Waals surface area contributed by atoms with Gasteiger partial charge < -0.3 is 14.7 Å². The van der Waals surface area contributed by atoms with Crippen LogP contribution in [0.5, 0.6) is 0 Å². The Bertz CT molecular complexity index is 361. The van der Waals surface area contributed by atoms with Crippen LogP contribution < -0.4 is 0 Å². The van der Waals surface area contributed by atoms with Gasteiger partial charge in [-0.25, -0.2) is 4.79 Å². The number of piperidine rings is 2. The molecule has 2 aliphatic rings. The molecule has 0 aromatic heterocycles. The third kappa shape index (κ3) is 4.61. The first-order valence-electron chi connectivity index (χ1n) is 8.96. The number of carbonyl (C=O) groups is 1. The van der Waals surface area contributed by atoms with Crippen molar-refractivity contribution in [2.24, 2.45) is 17.3 Å². The van der Waals surface area contributed by atoms with Crippen LogP contribution in [0.2, 0.25) is 0 Å². The lowest BCUT2D eigenvalue weighted by Crippen LogP contribution is -2.48. The summed E-state index contributed by atoms with van der Waals surface area (Å²) >= 11 is 0. The molecule has 0 radical (unpaired) electrons. The molecule has 2 heterocycles. The smallest absolute Gasteiger partial charge is 0.319 e. The number of likely N-dealkylation sites (tertiary alicyclic amines) is 2. The van der Waals surface area contributed by atoms with Crippen molar-refractivity contribution < 1.29 is 4.79 Å². The Hall–Kier alpha value is -0.770. The van der Waals surface area contributed by atoms with Crippen LogP contribution in [-0.2, 0) is 0 Å². The highest BCUT2D eigenvalue weighted by Crippen LogP contribution is 2.34. The zero-order chi connectivity index (χ0) is 16.3. The average Bonchev–Trinajstić information content (AvgIpc) is 2.48. The molecule has 0 N–H and O–H groups in total. The normalized spacial score (nSPS) is 22.9. The zero-order valence-corrected chi connectivity index (χ0v) is 15.3. The van der Waals surface area contributed by atoms with Gasteiger partial charge in [-0.05, 0) is 63.1 Å². The molecule has 2 amide bonds. The van der Waals surface area contributed by atoms with E-state index in [9.17, 15) is 4.79 Å². The van der Waals surface area contributed by atoms with Gasteiger partial charge in [0.1, 0.15) is 0 Å². The van der Waals surface area contributed by atoms with Crippen molar-refractivity contribution in [3.05, 3.63) is 0 Å². The number of hydrogen-bond donors (Lipinski definition) is 0.